The third kappa shape index (κ3) is 11.9. The van der Waals surface area contributed by atoms with E-state index in [4.69, 9.17) is 31.9 Å². The minimum Gasteiger partial charge on any atom is -0.492 e. The minimum atomic E-state index is -1.43. The Morgan fingerprint density at radius 2 is 1.58 bits per heavy atom. The Labute approximate surface area is 342 Å². The number of hydrogen-bond donors (Lipinski definition) is 8. The molecule has 18 nitrogen and oxygen atoms in total. The van der Waals surface area contributed by atoms with Crippen LogP contribution in [0.3, 0.4) is 0 Å². The summed E-state index contributed by atoms with van der Waals surface area (Å²) in [4.78, 5) is 82.4. The number of hydrogen-bond acceptors (Lipinski definition) is 11. The van der Waals surface area contributed by atoms with Gasteiger partial charge >= 0.3 is 6.03 Å². The van der Waals surface area contributed by atoms with Crippen LogP contribution >= 0.6 is 0 Å². The third-order valence-corrected chi connectivity index (χ3v) is 9.52. The molecule has 3 aromatic carbocycles. The van der Waals surface area contributed by atoms with E-state index in [9.17, 15) is 28.8 Å². The zero-order chi connectivity index (χ0) is 43.2. The number of nitrogens with one attached hydrogen (secondary N) is 5. The predicted molar refractivity (Wildman–Crippen MR) is 218 cm³/mol. The number of rotatable bonds is 15. The van der Waals surface area contributed by atoms with Gasteiger partial charge in [-0.1, -0.05) is 29.8 Å². The van der Waals surface area contributed by atoms with Gasteiger partial charge in [-0.05, 0) is 74.2 Å². The number of aryl methyl sites for hydroxylation is 2. The molecule has 0 spiro atoms. The number of nitrogens with two attached hydrogens (primary N) is 3. The Kier molecular flexibility index (Phi) is 16.1. The molecule has 0 aromatic heterocycles. The monoisotopic (exact) mass is 812 g/mol. The van der Waals surface area contributed by atoms with Crippen LogP contribution in [-0.2, 0) is 25.6 Å². The summed E-state index contributed by atoms with van der Waals surface area (Å²) in [6.07, 6.45) is -0.108. The number of urea groups is 1. The number of fused-ring (bicyclic) bond motifs is 5. The lowest BCUT2D eigenvalue weighted by Gasteiger charge is -2.33. The average molecular weight is 813 g/mol. The number of benzene rings is 3. The first kappa shape index (κ1) is 45.0. The van der Waals surface area contributed by atoms with Crippen molar-refractivity contribution in [3.63, 3.8) is 0 Å². The molecule has 4 rings (SSSR count). The lowest BCUT2D eigenvalue weighted by Crippen LogP contribution is -2.56. The van der Waals surface area contributed by atoms with E-state index in [2.05, 4.69) is 26.6 Å². The molecule has 0 unspecified atom stereocenters. The van der Waals surface area contributed by atoms with Crippen molar-refractivity contribution in [1.82, 2.24) is 31.5 Å². The van der Waals surface area contributed by atoms with Gasteiger partial charge in [-0.3, -0.25) is 24.0 Å². The highest BCUT2D eigenvalue weighted by molar-refractivity contribution is 6.00. The molecule has 0 saturated heterocycles. The van der Waals surface area contributed by atoms with Crippen molar-refractivity contribution in [2.24, 2.45) is 17.2 Å². The molecule has 59 heavy (non-hydrogen) atoms. The molecule has 11 N–H and O–H groups in total. The Balaban J connectivity index is 1.90. The van der Waals surface area contributed by atoms with Gasteiger partial charge in [0, 0.05) is 49.8 Å². The van der Waals surface area contributed by atoms with Crippen LogP contribution in [0.5, 0.6) is 11.5 Å². The quantitative estimate of drug-likeness (QED) is 0.0959. The maximum Gasteiger partial charge on any atom is 0.312 e. The normalized spacial score (nSPS) is 16.8. The summed E-state index contributed by atoms with van der Waals surface area (Å²) in [7, 11) is 1.38. The van der Waals surface area contributed by atoms with Crippen LogP contribution in [0.4, 0.5) is 4.79 Å². The molecular formula is C41H52N10O8. The van der Waals surface area contributed by atoms with Crippen molar-refractivity contribution in [1.29, 1.82) is 5.26 Å². The largest absolute Gasteiger partial charge is 0.492 e. The van der Waals surface area contributed by atoms with Crippen molar-refractivity contribution in [3.05, 3.63) is 82.4 Å². The average Bonchev–Trinajstić information content (AvgIpc) is 3.20. The smallest absolute Gasteiger partial charge is 0.312 e. The van der Waals surface area contributed by atoms with Crippen LogP contribution < -0.4 is 53.3 Å². The molecule has 1 heterocycles. The van der Waals surface area contributed by atoms with E-state index in [-0.39, 0.29) is 57.8 Å². The molecule has 0 radical (unpaired) electrons. The number of primary amides is 1. The number of carbonyl (C=O) groups excluding carboxylic acids is 6. The van der Waals surface area contributed by atoms with Crippen molar-refractivity contribution in [2.45, 2.75) is 57.8 Å². The second kappa shape index (κ2) is 21.2. The van der Waals surface area contributed by atoms with E-state index in [1.165, 1.54) is 14.0 Å². The van der Waals surface area contributed by atoms with Crippen LogP contribution in [0, 0.1) is 25.2 Å². The summed E-state index contributed by atoms with van der Waals surface area (Å²) < 4.78 is 12.1. The topological polar surface area (TPSA) is 286 Å². The van der Waals surface area contributed by atoms with Gasteiger partial charge in [0.05, 0.1) is 6.07 Å². The van der Waals surface area contributed by atoms with Crippen molar-refractivity contribution >= 4 is 35.6 Å². The Bertz CT molecular complexity index is 2090. The zero-order valence-corrected chi connectivity index (χ0v) is 33.6. The van der Waals surface area contributed by atoms with Crippen molar-refractivity contribution in [3.8, 4) is 28.7 Å². The number of amides is 7. The maximum atomic E-state index is 14.6. The maximum absolute atomic E-state index is 14.6. The summed E-state index contributed by atoms with van der Waals surface area (Å²) in [5.74, 6) is -2.66. The van der Waals surface area contributed by atoms with Crippen LogP contribution in [0.25, 0.3) is 11.1 Å². The van der Waals surface area contributed by atoms with Gasteiger partial charge in [0.2, 0.25) is 23.6 Å². The molecule has 1 aliphatic heterocycles. The van der Waals surface area contributed by atoms with Gasteiger partial charge < -0.3 is 58.2 Å². The standard InChI is InChI=1S/C41H52N10O8/c1-23-5-8-28(24(2)19-23)37(53)49-31(11-15-47-41(45)57)40(56)51(4)35-27-7-10-34(59-18-14-44)30(22-27)29-20-26(6-9-33(29)58-17-13-43)21-32(38(54)46-16-12-42)50-36(52)25(3)48-39(35)55/h5-10,19-20,22,25,31-32,35H,11,13-18,21,43-44H2,1-4H3,(H,46,54)(H,48,55)(H,49,53)(H,50,52)(H3,45,47,57)/t25-,31-,32-,35-/m0/s1. The Morgan fingerprint density at radius 1 is 0.915 bits per heavy atom. The second-order valence-electron chi connectivity index (χ2n) is 14.0. The Hall–Kier alpha value is -6.71. The first-order valence-electron chi connectivity index (χ1n) is 19.0. The highest BCUT2D eigenvalue weighted by atomic mass is 16.5. The van der Waals surface area contributed by atoms with E-state index >= 15 is 0 Å². The molecule has 0 fully saturated rings. The fourth-order valence-electron chi connectivity index (χ4n) is 6.61. The molecule has 4 bridgehead atoms. The van der Waals surface area contributed by atoms with Crippen molar-refractivity contribution < 1.29 is 38.2 Å². The summed E-state index contributed by atoms with van der Waals surface area (Å²) in [5.41, 5.74) is 20.6. The molecular weight excluding hydrogens is 761 g/mol. The molecule has 0 aliphatic carbocycles. The number of nitrogens with zero attached hydrogens (tertiary/aromatic N) is 2. The summed E-state index contributed by atoms with van der Waals surface area (Å²) in [5, 5.41) is 22.2. The van der Waals surface area contributed by atoms with E-state index in [1.807, 2.05) is 19.1 Å². The van der Waals surface area contributed by atoms with E-state index in [0.717, 1.165) is 10.5 Å². The third-order valence-electron chi connectivity index (χ3n) is 9.52. The Morgan fingerprint density at radius 3 is 2.20 bits per heavy atom. The first-order chi connectivity index (χ1) is 28.2. The van der Waals surface area contributed by atoms with Crippen LogP contribution in [0.15, 0.2) is 54.6 Å². The highest BCUT2D eigenvalue weighted by Gasteiger charge is 2.36. The molecule has 1 aliphatic rings. The predicted octanol–water partition coefficient (Wildman–Crippen LogP) is 0.187. The van der Waals surface area contributed by atoms with Crippen LogP contribution in [-0.4, -0.2) is 105 Å². The van der Waals surface area contributed by atoms with E-state index in [1.54, 1.807) is 55.5 Å². The summed E-state index contributed by atoms with van der Waals surface area (Å²) >= 11 is 0. The second-order valence-corrected chi connectivity index (χ2v) is 14.0. The van der Waals surface area contributed by atoms with Gasteiger partial charge in [-0.2, -0.15) is 5.26 Å². The van der Waals surface area contributed by atoms with E-state index < -0.39 is 59.7 Å². The lowest BCUT2D eigenvalue weighted by molar-refractivity contribution is -0.141. The number of ether oxygens (including phenoxy) is 2. The molecule has 3 aromatic rings. The molecule has 7 amide bonds. The minimum absolute atomic E-state index is 0.00772. The fourth-order valence-corrected chi connectivity index (χ4v) is 6.61. The van der Waals surface area contributed by atoms with Gasteiger partial charge in [-0.15, -0.1) is 0 Å². The molecule has 0 saturated carbocycles. The highest BCUT2D eigenvalue weighted by Crippen LogP contribution is 2.40. The molecule has 314 valence electrons. The van der Waals surface area contributed by atoms with Crippen LogP contribution in [0.1, 0.15) is 52.0 Å². The first-order valence-corrected chi connectivity index (χ1v) is 19.0. The zero-order valence-electron chi connectivity index (χ0n) is 33.6. The van der Waals surface area contributed by atoms with Gasteiger partial charge in [0.25, 0.3) is 5.91 Å². The number of nitriles is 1. The van der Waals surface area contributed by atoms with Gasteiger partial charge in [0.1, 0.15) is 55.4 Å². The summed E-state index contributed by atoms with van der Waals surface area (Å²) in [6.45, 7) is 5.29. The van der Waals surface area contributed by atoms with Crippen LogP contribution in [0.2, 0.25) is 0 Å². The SMILES string of the molecule is Cc1ccc(C(=O)N[C@@H](CCNC(N)=O)C(=O)N(C)[C@@H]2C(=O)N[C@@H](C)C(=O)N[C@H](C(=O)NCC#N)Cc3ccc(OCCN)c(c3)-c3cc2ccc3OCCN)c(C)c1. The fraction of sp³-hybridized carbons (Fsp3) is 0.390. The number of carbonyl (C=O) groups is 6. The number of likely N-dealkylation sites (N-methyl/N-ethyl adjacent to an activating group) is 1. The van der Waals surface area contributed by atoms with Crippen molar-refractivity contribution in [2.75, 3.05) is 46.4 Å². The molecule has 18 heteroatoms. The summed E-state index contributed by atoms with van der Waals surface area (Å²) in [6, 6.07) is 11.2. The van der Waals surface area contributed by atoms with Gasteiger partial charge in [0.15, 0.2) is 0 Å². The van der Waals surface area contributed by atoms with E-state index in [0.29, 0.717) is 39.3 Å². The lowest BCUT2D eigenvalue weighted by atomic mass is 9.93. The molecule has 4 atom stereocenters. The van der Waals surface area contributed by atoms with Gasteiger partial charge in [-0.25, -0.2) is 4.79 Å².